The minimum absolute atomic E-state index is 0.0794. The van der Waals surface area contributed by atoms with Crippen molar-refractivity contribution >= 4 is 5.78 Å². The molecule has 0 aromatic heterocycles. The Morgan fingerprint density at radius 2 is 1.44 bits per heavy atom. The van der Waals surface area contributed by atoms with Crippen molar-refractivity contribution in [2.45, 2.75) is 40.3 Å². The molecule has 0 heterocycles. The van der Waals surface area contributed by atoms with E-state index in [1.54, 1.807) is 24.3 Å². The fourth-order valence-corrected chi connectivity index (χ4v) is 1.45. The normalized spacial score (nSPS) is 12.6. The van der Waals surface area contributed by atoms with Gasteiger partial charge in [0.25, 0.3) is 0 Å². The van der Waals surface area contributed by atoms with E-state index in [0.717, 1.165) is 0 Å². The predicted octanol–water partition coefficient (Wildman–Crippen LogP) is 4.12. The second-order valence-corrected chi connectivity index (χ2v) is 5.63. The number of ketones is 1. The van der Waals surface area contributed by atoms with Crippen molar-refractivity contribution in [3.8, 4) is 0 Å². The SMILES string of the molecule is CC(C)(C)C(=O)c1ccc(C(C)(C)F)cc1. The highest BCUT2D eigenvalue weighted by atomic mass is 19.1. The molecule has 0 unspecified atom stereocenters. The predicted molar refractivity (Wildman–Crippen MR) is 64.4 cm³/mol. The Bertz CT molecular complexity index is 377. The standard InChI is InChI=1S/C14H19FO/c1-13(2,3)12(16)10-6-8-11(9-7-10)14(4,5)15/h6-9H,1-5H3. The lowest BCUT2D eigenvalue weighted by Crippen LogP contribution is -2.20. The van der Waals surface area contributed by atoms with E-state index in [-0.39, 0.29) is 5.78 Å². The molecule has 0 spiro atoms. The van der Waals surface area contributed by atoms with E-state index in [1.807, 2.05) is 20.8 Å². The monoisotopic (exact) mass is 222 g/mol. The summed E-state index contributed by atoms with van der Waals surface area (Å²) < 4.78 is 13.6. The van der Waals surface area contributed by atoms with Crippen molar-refractivity contribution in [1.29, 1.82) is 0 Å². The molecule has 16 heavy (non-hydrogen) atoms. The molecular weight excluding hydrogens is 203 g/mol. The van der Waals surface area contributed by atoms with Gasteiger partial charge in [0.15, 0.2) is 5.78 Å². The van der Waals surface area contributed by atoms with Crippen molar-refractivity contribution in [2.24, 2.45) is 5.41 Å². The number of Topliss-reactive ketones (excluding diaryl/α,β-unsaturated/α-hetero) is 1. The van der Waals surface area contributed by atoms with E-state index in [0.29, 0.717) is 11.1 Å². The molecule has 1 aromatic carbocycles. The minimum atomic E-state index is -1.36. The molecule has 0 fully saturated rings. The first-order valence-corrected chi connectivity index (χ1v) is 5.46. The van der Waals surface area contributed by atoms with Gasteiger partial charge in [-0.2, -0.15) is 0 Å². The molecule has 0 aliphatic heterocycles. The molecule has 0 saturated carbocycles. The lowest BCUT2D eigenvalue weighted by molar-refractivity contribution is 0.0858. The molecule has 0 N–H and O–H groups in total. The summed E-state index contributed by atoms with van der Waals surface area (Å²) in [6, 6.07) is 6.76. The third-order valence-corrected chi connectivity index (χ3v) is 2.51. The molecule has 1 nitrogen and oxygen atoms in total. The largest absolute Gasteiger partial charge is 0.294 e. The van der Waals surface area contributed by atoms with Crippen LogP contribution in [0.4, 0.5) is 4.39 Å². The van der Waals surface area contributed by atoms with Crippen LogP contribution in [0.3, 0.4) is 0 Å². The molecule has 2 heteroatoms. The second kappa shape index (κ2) is 4.00. The maximum atomic E-state index is 13.6. The zero-order valence-electron chi connectivity index (χ0n) is 10.6. The van der Waals surface area contributed by atoms with Gasteiger partial charge in [-0.1, -0.05) is 45.0 Å². The average Bonchev–Trinajstić information content (AvgIpc) is 2.14. The summed E-state index contributed by atoms with van der Waals surface area (Å²) in [6.07, 6.45) is 0. The highest BCUT2D eigenvalue weighted by Gasteiger charge is 2.24. The Morgan fingerprint density at radius 3 is 1.75 bits per heavy atom. The molecule has 0 atom stereocenters. The average molecular weight is 222 g/mol. The smallest absolute Gasteiger partial charge is 0.168 e. The first kappa shape index (κ1) is 12.9. The molecule has 0 aliphatic rings. The van der Waals surface area contributed by atoms with Crippen molar-refractivity contribution < 1.29 is 9.18 Å². The second-order valence-electron chi connectivity index (χ2n) is 5.63. The van der Waals surface area contributed by atoms with Crippen LogP contribution in [0.1, 0.15) is 50.5 Å². The fraction of sp³-hybridized carbons (Fsp3) is 0.500. The van der Waals surface area contributed by atoms with Gasteiger partial charge in [0.05, 0.1) is 0 Å². The van der Waals surface area contributed by atoms with E-state index in [4.69, 9.17) is 0 Å². The van der Waals surface area contributed by atoms with Crippen molar-refractivity contribution in [3.05, 3.63) is 35.4 Å². The maximum absolute atomic E-state index is 13.6. The van der Waals surface area contributed by atoms with Crippen LogP contribution in [0.15, 0.2) is 24.3 Å². The van der Waals surface area contributed by atoms with Crippen molar-refractivity contribution in [2.75, 3.05) is 0 Å². The zero-order chi connectivity index (χ0) is 12.6. The molecule has 0 bridgehead atoms. The summed E-state index contributed by atoms with van der Waals surface area (Å²) in [5, 5.41) is 0. The van der Waals surface area contributed by atoms with Crippen LogP contribution >= 0.6 is 0 Å². The number of hydrogen-bond acceptors (Lipinski definition) is 1. The lowest BCUT2D eigenvalue weighted by Gasteiger charge is -2.18. The Kier molecular flexibility index (Phi) is 3.22. The molecule has 1 rings (SSSR count). The fourth-order valence-electron chi connectivity index (χ4n) is 1.45. The van der Waals surface area contributed by atoms with E-state index in [2.05, 4.69) is 0 Å². The van der Waals surface area contributed by atoms with E-state index in [1.165, 1.54) is 13.8 Å². The molecule has 1 aromatic rings. The van der Waals surface area contributed by atoms with Gasteiger partial charge in [-0.25, -0.2) is 4.39 Å². The van der Waals surface area contributed by atoms with Crippen molar-refractivity contribution in [3.63, 3.8) is 0 Å². The quantitative estimate of drug-likeness (QED) is 0.688. The number of rotatable bonds is 2. The minimum Gasteiger partial charge on any atom is -0.294 e. The number of carbonyl (C=O) groups is 1. The Labute approximate surface area is 96.7 Å². The molecule has 0 aliphatic carbocycles. The summed E-state index contributed by atoms with van der Waals surface area (Å²) in [5.74, 6) is 0.0794. The van der Waals surface area contributed by atoms with Gasteiger partial charge in [-0.3, -0.25) is 4.79 Å². The molecule has 0 saturated heterocycles. The molecule has 88 valence electrons. The number of carbonyl (C=O) groups excluding carboxylic acids is 1. The third-order valence-electron chi connectivity index (χ3n) is 2.51. The number of alkyl halides is 1. The highest BCUT2D eigenvalue weighted by molar-refractivity contribution is 5.99. The van der Waals surface area contributed by atoms with E-state index in [9.17, 15) is 9.18 Å². The zero-order valence-corrected chi connectivity index (χ0v) is 10.6. The van der Waals surface area contributed by atoms with Gasteiger partial charge in [0, 0.05) is 11.0 Å². The van der Waals surface area contributed by atoms with Crippen LogP contribution in [-0.4, -0.2) is 5.78 Å². The summed E-state index contributed by atoms with van der Waals surface area (Å²) in [5.41, 5.74) is -0.519. The van der Waals surface area contributed by atoms with Gasteiger partial charge in [0.1, 0.15) is 5.67 Å². The molecule has 0 radical (unpaired) electrons. The Hall–Kier alpha value is -1.18. The van der Waals surface area contributed by atoms with E-state index >= 15 is 0 Å². The summed E-state index contributed by atoms with van der Waals surface area (Å²) >= 11 is 0. The third kappa shape index (κ3) is 2.91. The number of halogens is 1. The van der Waals surface area contributed by atoms with Gasteiger partial charge >= 0.3 is 0 Å². The van der Waals surface area contributed by atoms with Crippen LogP contribution in [0, 0.1) is 5.41 Å². The first-order valence-electron chi connectivity index (χ1n) is 5.46. The number of benzene rings is 1. The first-order chi connectivity index (χ1) is 7.12. The molecular formula is C14H19FO. The van der Waals surface area contributed by atoms with E-state index < -0.39 is 11.1 Å². The number of hydrogen-bond donors (Lipinski definition) is 0. The Balaban J connectivity index is 3.01. The van der Waals surface area contributed by atoms with Crippen molar-refractivity contribution in [1.82, 2.24) is 0 Å². The molecule has 0 amide bonds. The van der Waals surface area contributed by atoms with Gasteiger partial charge in [-0.05, 0) is 19.4 Å². The van der Waals surface area contributed by atoms with Crippen LogP contribution in [0.25, 0.3) is 0 Å². The summed E-state index contributed by atoms with van der Waals surface area (Å²) in [6.45, 7) is 8.65. The van der Waals surface area contributed by atoms with Gasteiger partial charge in [0.2, 0.25) is 0 Å². The summed E-state index contributed by atoms with van der Waals surface area (Å²) in [7, 11) is 0. The Morgan fingerprint density at radius 1 is 1.00 bits per heavy atom. The van der Waals surface area contributed by atoms with Crippen LogP contribution in [-0.2, 0) is 5.67 Å². The van der Waals surface area contributed by atoms with Crippen LogP contribution in [0.2, 0.25) is 0 Å². The van der Waals surface area contributed by atoms with Gasteiger partial charge < -0.3 is 0 Å². The van der Waals surface area contributed by atoms with Crippen LogP contribution < -0.4 is 0 Å². The topological polar surface area (TPSA) is 17.1 Å². The van der Waals surface area contributed by atoms with Crippen LogP contribution in [0.5, 0.6) is 0 Å². The van der Waals surface area contributed by atoms with Gasteiger partial charge in [-0.15, -0.1) is 0 Å². The highest BCUT2D eigenvalue weighted by Crippen LogP contribution is 2.26. The summed E-state index contributed by atoms with van der Waals surface area (Å²) in [4.78, 5) is 11.9. The lowest BCUT2D eigenvalue weighted by atomic mass is 9.86. The maximum Gasteiger partial charge on any atom is 0.168 e.